The average molecular weight is 356 g/mol. The Morgan fingerprint density at radius 1 is 0.913 bits per heavy atom. The van der Waals surface area contributed by atoms with Gasteiger partial charge in [-0.15, -0.1) is 0 Å². The molecule has 3 nitrogen and oxygen atoms in total. The SMILES string of the molecule is CO[Si](C)(C)CCCCOC(=O)c1c(F)c(F)c(F)c(F)c1F. The van der Waals surface area contributed by atoms with Crippen molar-refractivity contribution in [1.29, 1.82) is 0 Å². The zero-order chi connectivity index (χ0) is 17.8. The van der Waals surface area contributed by atoms with Crippen molar-refractivity contribution < 1.29 is 35.9 Å². The third kappa shape index (κ3) is 4.74. The zero-order valence-corrected chi connectivity index (χ0v) is 13.9. The van der Waals surface area contributed by atoms with Gasteiger partial charge in [0.2, 0.25) is 5.82 Å². The van der Waals surface area contributed by atoms with Crippen LogP contribution < -0.4 is 0 Å². The van der Waals surface area contributed by atoms with Crippen LogP contribution in [0.25, 0.3) is 0 Å². The molecule has 0 N–H and O–H groups in total. The van der Waals surface area contributed by atoms with Gasteiger partial charge >= 0.3 is 5.97 Å². The number of hydrogen-bond acceptors (Lipinski definition) is 3. The summed E-state index contributed by atoms with van der Waals surface area (Å²) in [6.45, 7) is 3.80. The van der Waals surface area contributed by atoms with E-state index in [4.69, 9.17) is 4.43 Å². The molecule has 0 heterocycles. The van der Waals surface area contributed by atoms with Crippen molar-refractivity contribution in [3.05, 3.63) is 34.6 Å². The standard InChI is InChI=1S/C14H17F5O3Si/c1-21-23(2,3)7-5-4-6-22-14(20)8-9(15)11(17)13(19)12(18)10(8)16/h4-7H2,1-3H3. The zero-order valence-electron chi connectivity index (χ0n) is 12.9. The van der Waals surface area contributed by atoms with Gasteiger partial charge in [-0.2, -0.15) is 0 Å². The van der Waals surface area contributed by atoms with Gasteiger partial charge in [0.25, 0.3) is 0 Å². The fraction of sp³-hybridized carbons (Fsp3) is 0.500. The van der Waals surface area contributed by atoms with E-state index in [1.54, 1.807) is 7.11 Å². The second-order valence-corrected chi connectivity index (χ2v) is 9.93. The molecule has 0 aromatic heterocycles. The molecular formula is C14H17F5O3Si. The second-order valence-electron chi connectivity index (χ2n) is 5.50. The molecule has 0 atom stereocenters. The highest BCUT2D eigenvalue weighted by atomic mass is 28.4. The number of hydrogen-bond donors (Lipinski definition) is 0. The van der Waals surface area contributed by atoms with Crippen molar-refractivity contribution in [2.45, 2.75) is 32.0 Å². The number of benzene rings is 1. The first-order chi connectivity index (χ1) is 10.6. The van der Waals surface area contributed by atoms with Crippen molar-refractivity contribution in [1.82, 2.24) is 0 Å². The fourth-order valence-electron chi connectivity index (χ4n) is 1.78. The monoisotopic (exact) mass is 356 g/mol. The number of rotatable bonds is 7. The van der Waals surface area contributed by atoms with Gasteiger partial charge in [0.1, 0.15) is 5.56 Å². The summed E-state index contributed by atoms with van der Waals surface area (Å²) in [6.07, 6.45) is 1.04. The number of esters is 1. The highest BCUT2D eigenvalue weighted by Crippen LogP contribution is 2.23. The molecule has 1 aromatic rings. The van der Waals surface area contributed by atoms with Gasteiger partial charge in [0, 0.05) is 7.11 Å². The molecule has 0 unspecified atom stereocenters. The van der Waals surface area contributed by atoms with E-state index in [1.807, 2.05) is 13.1 Å². The van der Waals surface area contributed by atoms with Crippen molar-refractivity contribution in [3.8, 4) is 0 Å². The fourth-order valence-corrected chi connectivity index (χ4v) is 3.08. The molecule has 1 aromatic carbocycles. The molecule has 0 saturated carbocycles. The van der Waals surface area contributed by atoms with Gasteiger partial charge in [-0.3, -0.25) is 0 Å². The van der Waals surface area contributed by atoms with Crippen molar-refractivity contribution >= 4 is 14.3 Å². The van der Waals surface area contributed by atoms with Gasteiger partial charge in [0.15, 0.2) is 31.6 Å². The minimum Gasteiger partial charge on any atom is -0.462 e. The third-order valence-corrected chi connectivity index (χ3v) is 6.04. The quantitative estimate of drug-likeness (QED) is 0.184. The van der Waals surface area contributed by atoms with E-state index < -0.39 is 48.9 Å². The van der Waals surface area contributed by atoms with Crippen molar-refractivity contribution in [2.24, 2.45) is 0 Å². The maximum absolute atomic E-state index is 13.4. The Balaban J connectivity index is 2.67. The molecule has 0 aliphatic carbocycles. The summed E-state index contributed by atoms with van der Waals surface area (Å²) in [5.74, 6) is -12.6. The van der Waals surface area contributed by atoms with E-state index >= 15 is 0 Å². The highest BCUT2D eigenvalue weighted by Gasteiger charge is 2.30. The average Bonchev–Trinajstić information content (AvgIpc) is 2.50. The highest BCUT2D eigenvalue weighted by molar-refractivity contribution is 6.71. The Morgan fingerprint density at radius 3 is 1.87 bits per heavy atom. The predicted octanol–water partition coefficient (Wildman–Crippen LogP) is 4.17. The molecule has 0 bridgehead atoms. The lowest BCUT2D eigenvalue weighted by atomic mass is 10.1. The largest absolute Gasteiger partial charge is 0.462 e. The van der Waals surface area contributed by atoms with Crippen LogP contribution in [0, 0.1) is 29.1 Å². The molecule has 23 heavy (non-hydrogen) atoms. The van der Waals surface area contributed by atoms with E-state index in [2.05, 4.69) is 4.74 Å². The number of carbonyl (C=O) groups excluding carboxylic acids is 1. The predicted molar refractivity (Wildman–Crippen MR) is 75.0 cm³/mol. The number of ether oxygens (including phenoxy) is 1. The Morgan fingerprint density at radius 2 is 1.39 bits per heavy atom. The Hall–Kier alpha value is -1.48. The number of carbonyl (C=O) groups is 1. The van der Waals surface area contributed by atoms with Crippen molar-refractivity contribution in [2.75, 3.05) is 13.7 Å². The van der Waals surface area contributed by atoms with Crippen LogP contribution in [0.2, 0.25) is 19.1 Å². The van der Waals surface area contributed by atoms with Gasteiger partial charge in [-0.25, -0.2) is 26.7 Å². The summed E-state index contributed by atoms with van der Waals surface area (Å²) >= 11 is 0. The minimum atomic E-state index is -2.32. The van der Waals surface area contributed by atoms with Gasteiger partial charge in [-0.1, -0.05) is 6.42 Å². The summed E-state index contributed by atoms with van der Waals surface area (Å²) in [6, 6.07) is 0.781. The first kappa shape index (κ1) is 19.6. The lowest BCUT2D eigenvalue weighted by Gasteiger charge is -2.19. The van der Waals surface area contributed by atoms with Gasteiger partial charge < -0.3 is 9.16 Å². The Bertz CT molecular complexity index is 563. The van der Waals surface area contributed by atoms with Crippen LogP contribution in [0.1, 0.15) is 23.2 Å². The molecule has 0 spiro atoms. The topological polar surface area (TPSA) is 35.5 Å². The van der Waals surface area contributed by atoms with E-state index in [0.29, 0.717) is 12.8 Å². The molecule has 0 saturated heterocycles. The summed E-state index contributed by atoms with van der Waals surface area (Å²) in [5, 5.41) is 0. The van der Waals surface area contributed by atoms with Crippen LogP contribution in [0.3, 0.4) is 0 Å². The number of unbranched alkanes of at least 4 members (excludes halogenated alkanes) is 1. The molecule has 0 fully saturated rings. The molecule has 0 amide bonds. The molecule has 0 aliphatic heterocycles. The normalized spacial score (nSPS) is 11.7. The minimum absolute atomic E-state index is 0.188. The first-order valence-corrected chi connectivity index (χ1v) is 9.97. The second kappa shape index (κ2) is 7.87. The van der Waals surface area contributed by atoms with E-state index in [9.17, 15) is 26.7 Å². The molecule has 0 radical (unpaired) electrons. The molecular weight excluding hydrogens is 339 g/mol. The van der Waals surface area contributed by atoms with Gasteiger partial charge in [-0.05, 0) is 25.6 Å². The van der Waals surface area contributed by atoms with E-state index in [-0.39, 0.29) is 6.61 Å². The Kier molecular flexibility index (Phi) is 6.69. The van der Waals surface area contributed by atoms with E-state index in [1.165, 1.54) is 0 Å². The van der Waals surface area contributed by atoms with Crippen LogP contribution in [-0.4, -0.2) is 28.0 Å². The summed E-state index contributed by atoms with van der Waals surface area (Å²) in [5.41, 5.74) is -1.58. The van der Waals surface area contributed by atoms with E-state index in [0.717, 1.165) is 6.04 Å². The summed E-state index contributed by atoms with van der Waals surface area (Å²) in [7, 11) is -0.152. The summed E-state index contributed by atoms with van der Waals surface area (Å²) in [4.78, 5) is 11.5. The van der Waals surface area contributed by atoms with Crippen LogP contribution in [0.4, 0.5) is 22.0 Å². The molecule has 0 aliphatic rings. The van der Waals surface area contributed by atoms with Gasteiger partial charge in [0.05, 0.1) is 6.61 Å². The Labute approximate surface area is 131 Å². The summed E-state index contributed by atoms with van der Waals surface area (Å²) < 4.78 is 75.6. The van der Waals surface area contributed by atoms with Crippen LogP contribution >= 0.6 is 0 Å². The smallest absolute Gasteiger partial charge is 0.344 e. The third-order valence-electron chi connectivity index (χ3n) is 3.37. The van der Waals surface area contributed by atoms with Crippen LogP contribution in [0.5, 0.6) is 0 Å². The van der Waals surface area contributed by atoms with Crippen molar-refractivity contribution in [3.63, 3.8) is 0 Å². The lowest BCUT2D eigenvalue weighted by molar-refractivity contribution is 0.0484. The maximum Gasteiger partial charge on any atom is 0.344 e. The molecule has 9 heteroatoms. The molecule has 1 rings (SSSR count). The number of halogens is 5. The lowest BCUT2D eigenvalue weighted by Crippen LogP contribution is -2.28. The van der Waals surface area contributed by atoms with Crippen LogP contribution in [0.15, 0.2) is 0 Å². The molecule has 130 valence electrons. The van der Waals surface area contributed by atoms with Crippen LogP contribution in [-0.2, 0) is 9.16 Å². The maximum atomic E-state index is 13.4. The first-order valence-electron chi connectivity index (χ1n) is 6.86.